The van der Waals surface area contributed by atoms with Crippen LogP contribution in [-0.4, -0.2) is 28.1 Å². The van der Waals surface area contributed by atoms with Gasteiger partial charge in [-0.3, -0.25) is 0 Å². The van der Waals surface area contributed by atoms with E-state index >= 15 is 0 Å². The maximum atomic E-state index is 9.57. The molecule has 3 rings (SSSR count). The molecule has 0 atom stereocenters. The van der Waals surface area contributed by atoms with E-state index in [2.05, 4.69) is 6.07 Å². The van der Waals surface area contributed by atoms with E-state index < -0.39 is 0 Å². The second-order valence-corrected chi connectivity index (χ2v) is 5.20. The first-order chi connectivity index (χ1) is 12.2. The second-order valence-electron chi connectivity index (χ2n) is 5.20. The number of fused-ring (bicyclic) bond motifs is 1. The SMILES string of the molecule is COc1cc(/C=C(\C#N)c2ccc3c(c2)OCO3)cc(OC)c1OC. The molecule has 0 aromatic heterocycles. The maximum Gasteiger partial charge on any atom is 0.231 e. The number of hydrogen-bond donors (Lipinski definition) is 0. The molecule has 6 heteroatoms. The smallest absolute Gasteiger partial charge is 0.231 e. The van der Waals surface area contributed by atoms with Crippen molar-refractivity contribution in [1.82, 2.24) is 0 Å². The van der Waals surface area contributed by atoms with Gasteiger partial charge in [0.15, 0.2) is 23.0 Å². The van der Waals surface area contributed by atoms with E-state index in [0.29, 0.717) is 34.3 Å². The molecule has 1 aliphatic rings. The summed E-state index contributed by atoms with van der Waals surface area (Å²) in [6.45, 7) is 0.192. The summed E-state index contributed by atoms with van der Waals surface area (Å²) < 4.78 is 26.7. The number of methoxy groups -OCH3 is 3. The third-order valence-electron chi connectivity index (χ3n) is 3.80. The van der Waals surface area contributed by atoms with Crippen LogP contribution in [0, 0.1) is 11.3 Å². The summed E-state index contributed by atoms with van der Waals surface area (Å²) in [6.07, 6.45) is 1.75. The highest BCUT2D eigenvalue weighted by molar-refractivity contribution is 5.90. The second kappa shape index (κ2) is 7.05. The van der Waals surface area contributed by atoms with E-state index in [4.69, 9.17) is 23.7 Å². The molecular weight excluding hydrogens is 322 g/mol. The number of nitrogens with zero attached hydrogens (tertiary/aromatic N) is 1. The van der Waals surface area contributed by atoms with E-state index in [1.165, 1.54) is 0 Å². The van der Waals surface area contributed by atoms with E-state index in [9.17, 15) is 5.26 Å². The number of benzene rings is 2. The first-order valence-corrected chi connectivity index (χ1v) is 7.52. The third kappa shape index (κ3) is 3.17. The van der Waals surface area contributed by atoms with Crippen molar-refractivity contribution in [3.05, 3.63) is 41.5 Å². The van der Waals surface area contributed by atoms with Crippen LogP contribution in [0.2, 0.25) is 0 Å². The van der Waals surface area contributed by atoms with Crippen molar-refractivity contribution in [2.45, 2.75) is 0 Å². The molecule has 1 heterocycles. The van der Waals surface area contributed by atoms with E-state index in [0.717, 1.165) is 11.1 Å². The average molecular weight is 339 g/mol. The lowest BCUT2D eigenvalue weighted by Crippen LogP contribution is -1.95. The molecule has 1 aliphatic heterocycles. The standard InChI is InChI=1S/C19H17NO5/c1-21-17-7-12(8-18(22-2)19(17)23-3)6-14(10-20)13-4-5-15-16(9-13)25-11-24-15/h4-9H,11H2,1-3H3/b14-6+. The molecule has 0 saturated carbocycles. The molecule has 128 valence electrons. The maximum absolute atomic E-state index is 9.57. The van der Waals surface area contributed by atoms with Crippen LogP contribution in [0.5, 0.6) is 28.7 Å². The third-order valence-corrected chi connectivity index (χ3v) is 3.80. The van der Waals surface area contributed by atoms with Gasteiger partial charge in [-0.2, -0.15) is 5.26 Å². The number of nitriles is 1. The number of hydrogen-bond acceptors (Lipinski definition) is 6. The Morgan fingerprint density at radius 1 is 1.00 bits per heavy atom. The molecule has 25 heavy (non-hydrogen) atoms. The Kier molecular flexibility index (Phi) is 4.66. The van der Waals surface area contributed by atoms with Crippen molar-refractivity contribution in [3.8, 4) is 34.8 Å². The summed E-state index contributed by atoms with van der Waals surface area (Å²) in [4.78, 5) is 0. The molecule has 0 spiro atoms. The summed E-state index contributed by atoms with van der Waals surface area (Å²) in [7, 11) is 4.64. The Bertz CT molecular complexity index is 842. The molecule has 0 aliphatic carbocycles. The monoisotopic (exact) mass is 339 g/mol. The van der Waals surface area contributed by atoms with Crippen molar-refractivity contribution in [2.75, 3.05) is 28.1 Å². The highest BCUT2D eigenvalue weighted by Crippen LogP contribution is 2.39. The number of rotatable bonds is 5. The van der Waals surface area contributed by atoms with Crippen molar-refractivity contribution in [1.29, 1.82) is 5.26 Å². The fourth-order valence-electron chi connectivity index (χ4n) is 2.60. The van der Waals surface area contributed by atoms with E-state index in [-0.39, 0.29) is 6.79 Å². The van der Waals surface area contributed by atoms with Gasteiger partial charge in [-0.25, -0.2) is 0 Å². The van der Waals surface area contributed by atoms with Gasteiger partial charge >= 0.3 is 0 Å². The Balaban J connectivity index is 2.04. The van der Waals surface area contributed by atoms with Crippen LogP contribution in [-0.2, 0) is 0 Å². The van der Waals surface area contributed by atoms with Crippen molar-refractivity contribution in [3.63, 3.8) is 0 Å². The lowest BCUT2D eigenvalue weighted by Gasteiger charge is -2.13. The Morgan fingerprint density at radius 2 is 1.68 bits per heavy atom. The van der Waals surface area contributed by atoms with Crippen molar-refractivity contribution in [2.24, 2.45) is 0 Å². The van der Waals surface area contributed by atoms with Gasteiger partial charge in [0.05, 0.1) is 33.0 Å². The van der Waals surface area contributed by atoms with Gasteiger partial charge in [0.1, 0.15) is 0 Å². The highest BCUT2D eigenvalue weighted by atomic mass is 16.7. The predicted octanol–water partition coefficient (Wildman–Crippen LogP) is 3.51. The summed E-state index contributed by atoms with van der Waals surface area (Å²) in [5.74, 6) is 2.85. The first-order valence-electron chi connectivity index (χ1n) is 7.52. The van der Waals surface area contributed by atoms with Gasteiger partial charge in [0.25, 0.3) is 0 Å². The number of ether oxygens (including phenoxy) is 5. The molecule has 0 saturated heterocycles. The quantitative estimate of drug-likeness (QED) is 0.613. The lowest BCUT2D eigenvalue weighted by molar-refractivity contribution is 0.174. The topological polar surface area (TPSA) is 69.9 Å². The van der Waals surface area contributed by atoms with Crippen LogP contribution in [0.15, 0.2) is 30.3 Å². The predicted molar refractivity (Wildman–Crippen MR) is 92.1 cm³/mol. The van der Waals surface area contributed by atoms with E-state index in [1.54, 1.807) is 51.7 Å². The molecule has 0 N–H and O–H groups in total. The van der Waals surface area contributed by atoms with Gasteiger partial charge < -0.3 is 23.7 Å². The molecule has 6 nitrogen and oxygen atoms in total. The van der Waals surface area contributed by atoms with E-state index in [1.807, 2.05) is 6.07 Å². The lowest BCUT2D eigenvalue weighted by atomic mass is 10.0. The van der Waals surface area contributed by atoms with Crippen LogP contribution >= 0.6 is 0 Å². The fourth-order valence-corrected chi connectivity index (χ4v) is 2.60. The Labute approximate surface area is 145 Å². The average Bonchev–Trinajstić information content (AvgIpc) is 3.12. The largest absolute Gasteiger partial charge is 0.493 e. The first kappa shape index (κ1) is 16.5. The molecule has 0 radical (unpaired) electrons. The molecule has 2 aromatic rings. The van der Waals surface area contributed by atoms with Crippen molar-refractivity contribution >= 4 is 11.6 Å². The highest BCUT2D eigenvalue weighted by Gasteiger charge is 2.16. The Hall–Kier alpha value is -3.33. The summed E-state index contributed by atoms with van der Waals surface area (Å²) in [6, 6.07) is 11.2. The molecule has 2 aromatic carbocycles. The zero-order chi connectivity index (χ0) is 17.8. The van der Waals surface area contributed by atoms with Gasteiger partial charge in [0, 0.05) is 0 Å². The summed E-state index contributed by atoms with van der Waals surface area (Å²) >= 11 is 0. The van der Waals surface area contributed by atoms with Crippen LogP contribution in [0.1, 0.15) is 11.1 Å². The number of allylic oxidation sites excluding steroid dienone is 1. The zero-order valence-corrected chi connectivity index (χ0v) is 14.2. The van der Waals surface area contributed by atoms with Crippen molar-refractivity contribution < 1.29 is 23.7 Å². The molecule has 0 amide bonds. The van der Waals surface area contributed by atoms with Gasteiger partial charge in [0.2, 0.25) is 12.5 Å². The molecule has 0 fully saturated rings. The van der Waals surface area contributed by atoms with Gasteiger partial charge in [-0.05, 0) is 47.5 Å². The molecule has 0 unspecified atom stereocenters. The van der Waals surface area contributed by atoms with Crippen LogP contribution in [0.4, 0.5) is 0 Å². The minimum absolute atomic E-state index is 0.192. The fraction of sp³-hybridized carbons (Fsp3) is 0.211. The minimum Gasteiger partial charge on any atom is -0.493 e. The summed E-state index contributed by atoms with van der Waals surface area (Å²) in [5, 5.41) is 9.57. The van der Waals surface area contributed by atoms with Crippen LogP contribution in [0.3, 0.4) is 0 Å². The normalized spacial score (nSPS) is 12.5. The van der Waals surface area contributed by atoms with Crippen LogP contribution in [0.25, 0.3) is 11.6 Å². The van der Waals surface area contributed by atoms with Gasteiger partial charge in [-0.15, -0.1) is 0 Å². The van der Waals surface area contributed by atoms with Gasteiger partial charge in [-0.1, -0.05) is 0 Å². The van der Waals surface area contributed by atoms with Crippen LogP contribution < -0.4 is 23.7 Å². The minimum atomic E-state index is 0.192. The summed E-state index contributed by atoms with van der Waals surface area (Å²) in [5.41, 5.74) is 1.97. The zero-order valence-electron chi connectivity index (χ0n) is 14.2. The molecular formula is C19H17NO5. The molecule has 0 bridgehead atoms. The Morgan fingerprint density at radius 3 is 2.28 bits per heavy atom.